The summed E-state index contributed by atoms with van der Waals surface area (Å²) < 4.78 is 11.1. The number of hydrogen-bond acceptors (Lipinski definition) is 3. The normalized spacial score (nSPS) is 17.1. The molecule has 1 unspecified atom stereocenters. The van der Waals surface area contributed by atoms with Crippen molar-refractivity contribution in [2.45, 2.75) is 51.6 Å². The van der Waals surface area contributed by atoms with Gasteiger partial charge in [-0.15, -0.1) is 0 Å². The first kappa shape index (κ1) is 21.7. The van der Waals surface area contributed by atoms with Gasteiger partial charge in [-0.25, -0.2) is 0 Å². The lowest BCUT2D eigenvalue weighted by Gasteiger charge is -2.34. The van der Waals surface area contributed by atoms with E-state index in [2.05, 4.69) is 54.4 Å². The average Bonchev–Trinajstić information content (AvgIpc) is 2.72. The number of methoxy groups -OCH3 is 1. The van der Waals surface area contributed by atoms with Crippen molar-refractivity contribution in [3.05, 3.63) is 35.9 Å². The molecule has 0 bridgehead atoms. The molecule has 1 aliphatic heterocycles. The topological polar surface area (TPSA) is 46.1 Å². The number of aliphatic imine (C=N–C) groups is 1. The number of piperidine rings is 1. The SMILES string of the molecule is CCNC(=NCC(CC)c1ccccc1)N1CCC(OCCCOC)CC1. The molecule has 0 spiro atoms. The molecule has 1 N–H and O–H groups in total. The molecule has 0 radical (unpaired) electrons. The number of nitrogens with zero attached hydrogens (tertiary/aromatic N) is 2. The Labute approximate surface area is 165 Å². The standard InChI is InChI=1S/C22H37N3O2/c1-4-19(20-10-7-6-8-11-20)18-24-22(23-5-2)25-14-12-21(13-15-25)27-17-9-16-26-3/h6-8,10-11,19,21H,4-5,9,12-18H2,1-3H3,(H,23,24). The van der Waals surface area contributed by atoms with Crippen molar-refractivity contribution >= 4 is 5.96 Å². The summed E-state index contributed by atoms with van der Waals surface area (Å²) in [6.45, 7) is 9.68. The highest BCUT2D eigenvalue weighted by Crippen LogP contribution is 2.20. The molecule has 1 aromatic rings. The lowest BCUT2D eigenvalue weighted by Crippen LogP contribution is -2.47. The Bertz CT molecular complexity index is 528. The molecule has 5 heteroatoms. The van der Waals surface area contributed by atoms with Crippen LogP contribution in [0.2, 0.25) is 0 Å². The molecule has 0 saturated carbocycles. The van der Waals surface area contributed by atoms with Gasteiger partial charge in [-0.05, 0) is 38.2 Å². The van der Waals surface area contributed by atoms with E-state index >= 15 is 0 Å². The van der Waals surface area contributed by atoms with Gasteiger partial charge in [0.1, 0.15) is 0 Å². The largest absolute Gasteiger partial charge is 0.385 e. The summed E-state index contributed by atoms with van der Waals surface area (Å²) in [5, 5.41) is 3.48. The third kappa shape index (κ3) is 7.51. The maximum absolute atomic E-state index is 5.98. The van der Waals surface area contributed by atoms with Gasteiger partial charge < -0.3 is 19.7 Å². The molecule has 0 aromatic heterocycles. The van der Waals surface area contributed by atoms with Crippen molar-refractivity contribution in [3.8, 4) is 0 Å². The number of guanidine groups is 1. The smallest absolute Gasteiger partial charge is 0.193 e. The summed E-state index contributed by atoms with van der Waals surface area (Å²) >= 11 is 0. The van der Waals surface area contributed by atoms with E-state index in [9.17, 15) is 0 Å². The van der Waals surface area contributed by atoms with Gasteiger partial charge >= 0.3 is 0 Å². The highest BCUT2D eigenvalue weighted by Gasteiger charge is 2.22. The second-order valence-electron chi connectivity index (χ2n) is 7.11. The summed E-state index contributed by atoms with van der Waals surface area (Å²) in [5.41, 5.74) is 1.38. The van der Waals surface area contributed by atoms with E-state index in [1.54, 1.807) is 7.11 Å². The molecule has 27 heavy (non-hydrogen) atoms. The number of rotatable bonds is 10. The fourth-order valence-corrected chi connectivity index (χ4v) is 3.51. The number of hydrogen-bond donors (Lipinski definition) is 1. The Balaban J connectivity index is 1.86. The zero-order valence-corrected chi connectivity index (χ0v) is 17.3. The number of benzene rings is 1. The first-order valence-corrected chi connectivity index (χ1v) is 10.5. The van der Waals surface area contributed by atoms with Crippen LogP contribution in [-0.2, 0) is 9.47 Å². The number of nitrogens with one attached hydrogen (secondary N) is 1. The summed E-state index contributed by atoms with van der Waals surface area (Å²) in [5.74, 6) is 1.52. The van der Waals surface area contributed by atoms with Crippen molar-refractivity contribution in [3.63, 3.8) is 0 Å². The van der Waals surface area contributed by atoms with E-state index in [0.29, 0.717) is 12.0 Å². The molecule has 1 fully saturated rings. The quantitative estimate of drug-likeness (QED) is 0.385. The highest BCUT2D eigenvalue weighted by molar-refractivity contribution is 5.80. The Morgan fingerprint density at radius 1 is 1.19 bits per heavy atom. The van der Waals surface area contributed by atoms with Crippen LogP contribution in [0.5, 0.6) is 0 Å². The van der Waals surface area contributed by atoms with E-state index in [0.717, 1.165) is 71.0 Å². The average molecular weight is 376 g/mol. The first-order valence-electron chi connectivity index (χ1n) is 10.5. The Morgan fingerprint density at radius 3 is 2.56 bits per heavy atom. The molecule has 1 heterocycles. The van der Waals surface area contributed by atoms with Crippen molar-refractivity contribution in [2.75, 3.05) is 46.5 Å². The van der Waals surface area contributed by atoms with Crippen molar-refractivity contribution in [1.29, 1.82) is 0 Å². The van der Waals surface area contributed by atoms with Gasteiger partial charge in [0, 0.05) is 52.4 Å². The molecule has 1 aromatic carbocycles. The van der Waals surface area contributed by atoms with Gasteiger partial charge in [-0.1, -0.05) is 37.3 Å². The summed E-state index contributed by atoms with van der Waals surface area (Å²) in [6, 6.07) is 10.7. The van der Waals surface area contributed by atoms with Gasteiger partial charge in [0.25, 0.3) is 0 Å². The minimum atomic E-state index is 0.369. The van der Waals surface area contributed by atoms with Crippen molar-refractivity contribution in [2.24, 2.45) is 4.99 Å². The van der Waals surface area contributed by atoms with Crippen LogP contribution >= 0.6 is 0 Å². The Morgan fingerprint density at radius 2 is 1.93 bits per heavy atom. The van der Waals surface area contributed by atoms with Gasteiger partial charge in [0.15, 0.2) is 5.96 Å². The number of ether oxygens (including phenoxy) is 2. The lowest BCUT2D eigenvalue weighted by molar-refractivity contribution is 0.00990. The van der Waals surface area contributed by atoms with Crippen LogP contribution in [0.3, 0.4) is 0 Å². The zero-order valence-electron chi connectivity index (χ0n) is 17.3. The maximum Gasteiger partial charge on any atom is 0.193 e. The van der Waals surface area contributed by atoms with Crippen LogP contribution in [0.4, 0.5) is 0 Å². The van der Waals surface area contributed by atoms with E-state index < -0.39 is 0 Å². The summed E-state index contributed by atoms with van der Waals surface area (Å²) in [6.07, 6.45) is 4.57. The first-order chi connectivity index (χ1) is 13.3. The minimum Gasteiger partial charge on any atom is -0.385 e. The molecule has 1 saturated heterocycles. The van der Waals surface area contributed by atoms with Crippen LogP contribution < -0.4 is 5.32 Å². The monoisotopic (exact) mass is 375 g/mol. The van der Waals surface area contributed by atoms with Crippen molar-refractivity contribution < 1.29 is 9.47 Å². The Hall–Kier alpha value is -1.59. The second kappa shape index (κ2) is 12.7. The number of likely N-dealkylation sites (tertiary alicyclic amines) is 1. The highest BCUT2D eigenvalue weighted by atomic mass is 16.5. The minimum absolute atomic E-state index is 0.369. The predicted octanol–water partition coefficient (Wildman–Crippen LogP) is 3.66. The van der Waals surface area contributed by atoms with Crippen LogP contribution in [0.15, 0.2) is 35.3 Å². The van der Waals surface area contributed by atoms with E-state index in [1.165, 1.54) is 5.56 Å². The second-order valence-corrected chi connectivity index (χ2v) is 7.11. The van der Waals surface area contributed by atoms with Crippen LogP contribution in [0.25, 0.3) is 0 Å². The van der Waals surface area contributed by atoms with Crippen molar-refractivity contribution in [1.82, 2.24) is 10.2 Å². The van der Waals surface area contributed by atoms with E-state index in [-0.39, 0.29) is 0 Å². The molecular formula is C22H37N3O2. The summed E-state index contributed by atoms with van der Waals surface area (Å²) in [4.78, 5) is 7.36. The Kier molecular flexibility index (Phi) is 10.2. The van der Waals surface area contributed by atoms with Crippen LogP contribution in [-0.4, -0.2) is 63.5 Å². The molecule has 0 aliphatic carbocycles. The van der Waals surface area contributed by atoms with E-state index in [1.807, 2.05) is 0 Å². The van der Waals surface area contributed by atoms with E-state index in [4.69, 9.17) is 14.5 Å². The van der Waals surface area contributed by atoms with Crippen LogP contribution in [0.1, 0.15) is 51.0 Å². The predicted molar refractivity (Wildman–Crippen MR) is 112 cm³/mol. The molecule has 152 valence electrons. The van der Waals surface area contributed by atoms with Gasteiger partial charge in [0.05, 0.1) is 6.10 Å². The molecular weight excluding hydrogens is 338 g/mol. The molecule has 1 atom stereocenters. The third-order valence-electron chi connectivity index (χ3n) is 5.15. The molecule has 5 nitrogen and oxygen atoms in total. The summed E-state index contributed by atoms with van der Waals surface area (Å²) in [7, 11) is 1.74. The molecule has 1 aliphatic rings. The molecule has 0 amide bonds. The fourth-order valence-electron chi connectivity index (χ4n) is 3.51. The van der Waals surface area contributed by atoms with Gasteiger partial charge in [0.2, 0.25) is 0 Å². The van der Waals surface area contributed by atoms with Gasteiger partial charge in [-0.3, -0.25) is 4.99 Å². The zero-order chi connectivity index (χ0) is 19.3. The maximum atomic E-state index is 5.98. The third-order valence-corrected chi connectivity index (χ3v) is 5.15. The lowest BCUT2D eigenvalue weighted by atomic mass is 9.97. The van der Waals surface area contributed by atoms with Gasteiger partial charge in [-0.2, -0.15) is 0 Å². The van der Waals surface area contributed by atoms with Crippen LogP contribution in [0, 0.1) is 0 Å². The molecule has 2 rings (SSSR count). The fraction of sp³-hybridized carbons (Fsp3) is 0.682.